The van der Waals surface area contributed by atoms with E-state index in [0.29, 0.717) is 4.75 Å². The van der Waals surface area contributed by atoms with Gasteiger partial charge in [-0.3, -0.25) is 4.99 Å². The van der Waals surface area contributed by atoms with Crippen molar-refractivity contribution in [2.75, 3.05) is 6.54 Å². The van der Waals surface area contributed by atoms with Gasteiger partial charge in [-0.25, -0.2) is 0 Å². The van der Waals surface area contributed by atoms with Crippen LogP contribution in [0.4, 0.5) is 0 Å². The highest BCUT2D eigenvalue weighted by molar-refractivity contribution is 8.15. The summed E-state index contributed by atoms with van der Waals surface area (Å²) in [5.74, 6) is 0.891. The second-order valence-corrected chi connectivity index (χ2v) is 8.51. The summed E-state index contributed by atoms with van der Waals surface area (Å²) >= 11 is 2.01. The Morgan fingerprint density at radius 3 is 2.62 bits per heavy atom. The van der Waals surface area contributed by atoms with Gasteiger partial charge in [0, 0.05) is 29.2 Å². The highest BCUT2D eigenvalue weighted by Crippen LogP contribution is 2.52. The smallest absolute Gasteiger partial charge is 0.157 e. The van der Waals surface area contributed by atoms with Gasteiger partial charge >= 0.3 is 0 Å². The summed E-state index contributed by atoms with van der Waals surface area (Å²) in [7, 11) is 0. The fourth-order valence-corrected chi connectivity index (χ4v) is 5.11. The van der Waals surface area contributed by atoms with Gasteiger partial charge in [0.25, 0.3) is 0 Å². The highest BCUT2D eigenvalue weighted by Gasteiger charge is 2.53. The Morgan fingerprint density at radius 2 is 1.95 bits per heavy atom. The van der Waals surface area contributed by atoms with Gasteiger partial charge in [0.15, 0.2) is 5.17 Å². The maximum absolute atomic E-state index is 4.81. The molecule has 0 aromatic carbocycles. The van der Waals surface area contributed by atoms with E-state index < -0.39 is 0 Å². The number of nitrogens with zero attached hydrogens (tertiary/aromatic N) is 2. The molecule has 1 N–H and O–H groups in total. The van der Waals surface area contributed by atoms with Gasteiger partial charge in [0.1, 0.15) is 0 Å². The Kier molecular flexibility index (Phi) is 4.08. The molecule has 0 radical (unpaired) electrons. The van der Waals surface area contributed by atoms with Crippen LogP contribution in [0.2, 0.25) is 0 Å². The first-order chi connectivity index (χ1) is 10.0. The van der Waals surface area contributed by atoms with Crippen LogP contribution in [0.15, 0.2) is 29.5 Å². The number of hydrogen-bond donors (Lipinski definition) is 1. The van der Waals surface area contributed by atoms with Gasteiger partial charge in [0.2, 0.25) is 0 Å². The van der Waals surface area contributed by atoms with Gasteiger partial charge in [-0.15, -0.1) is 0 Å². The van der Waals surface area contributed by atoms with Crippen LogP contribution < -0.4 is 5.32 Å². The lowest BCUT2D eigenvalue weighted by Crippen LogP contribution is -2.52. The van der Waals surface area contributed by atoms with E-state index in [1.807, 2.05) is 11.8 Å². The van der Waals surface area contributed by atoms with Crippen molar-refractivity contribution in [2.45, 2.75) is 63.3 Å². The normalized spacial score (nSPS) is 33.5. The van der Waals surface area contributed by atoms with E-state index in [4.69, 9.17) is 4.99 Å². The Labute approximate surface area is 132 Å². The molecule has 116 valence electrons. The molecule has 3 nitrogen and oxygen atoms in total. The minimum atomic E-state index is 0.157. The monoisotopic (exact) mass is 305 g/mol. The van der Waals surface area contributed by atoms with Gasteiger partial charge in [-0.1, -0.05) is 18.7 Å². The summed E-state index contributed by atoms with van der Waals surface area (Å²) in [6.45, 7) is 8.91. The molecule has 1 saturated carbocycles. The summed E-state index contributed by atoms with van der Waals surface area (Å²) < 4.78 is 2.54. The van der Waals surface area contributed by atoms with E-state index in [9.17, 15) is 0 Å². The summed E-state index contributed by atoms with van der Waals surface area (Å²) in [4.78, 5) is 4.81. The average Bonchev–Trinajstić information content (AvgIpc) is 3.01. The molecule has 2 heterocycles. The van der Waals surface area contributed by atoms with Crippen molar-refractivity contribution in [3.8, 4) is 0 Å². The molecule has 1 aromatic rings. The third-order valence-corrected chi connectivity index (χ3v) is 6.95. The maximum Gasteiger partial charge on any atom is 0.157 e. The van der Waals surface area contributed by atoms with Gasteiger partial charge in [0.05, 0.1) is 6.54 Å². The molecule has 0 unspecified atom stereocenters. The van der Waals surface area contributed by atoms with Crippen LogP contribution in [0.5, 0.6) is 0 Å². The second-order valence-electron chi connectivity index (χ2n) is 7.14. The standard InChI is InChI=1S/C17H27N3S/c1-14-6-8-17(9-7-14)16(2,3)19-15(21-17)18-10-13-20-11-4-5-12-20/h4-5,11-12,14H,6-10,13H2,1-3H3,(H,18,19). The average molecular weight is 305 g/mol. The number of nitrogens with one attached hydrogen (secondary N) is 1. The molecule has 21 heavy (non-hydrogen) atoms. The van der Waals surface area contributed by atoms with Crippen molar-refractivity contribution in [1.82, 2.24) is 9.88 Å². The summed E-state index contributed by atoms with van der Waals surface area (Å²) in [6, 6.07) is 4.13. The molecule has 4 heteroatoms. The number of aromatic nitrogens is 1. The van der Waals surface area contributed by atoms with Crippen molar-refractivity contribution in [2.24, 2.45) is 10.9 Å². The molecule has 1 saturated heterocycles. The van der Waals surface area contributed by atoms with Gasteiger partial charge < -0.3 is 9.88 Å². The fourth-order valence-electron chi connectivity index (χ4n) is 3.53. The second kappa shape index (κ2) is 5.71. The zero-order chi connectivity index (χ0) is 14.9. The van der Waals surface area contributed by atoms with Crippen molar-refractivity contribution in [3.63, 3.8) is 0 Å². The number of amidine groups is 1. The van der Waals surface area contributed by atoms with E-state index in [1.165, 1.54) is 25.7 Å². The van der Waals surface area contributed by atoms with Crippen LogP contribution in [-0.2, 0) is 6.54 Å². The molecular formula is C17H27N3S. The van der Waals surface area contributed by atoms with E-state index in [-0.39, 0.29) is 5.54 Å². The molecule has 2 fully saturated rings. The predicted molar refractivity (Wildman–Crippen MR) is 91.9 cm³/mol. The number of thioether (sulfide) groups is 1. The lowest BCUT2D eigenvalue weighted by atomic mass is 9.73. The van der Waals surface area contributed by atoms with Crippen LogP contribution in [-0.4, -0.2) is 26.6 Å². The van der Waals surface area contributed by atoms with Crippen LogP contribution in [0.1, 0.15) is 46.5 Å². The molecule has 1 aliphatic heterocycles. The molecule has 0 atom stereocenters. The number of aliphatic imine (C=N–C) groups is 1. The maximum atomic E-state index is 4.81. The van der Waals surface area contributed by atoms with Crippen LogP contribution in [0.3, 0.4) is 0 Å². The Bertz CT molecular complexity index is 496. The molecule has 1 spiro atoms. The van der Waals surface area contributed by atoms with Crippen LogP contribution >= 0.6 is 11.8 Å². The molecule has 3 rings (SSSR count). The lowest BCUT2D eigenvalue weighted by Gasteiger charge is -2.43. The Morgan fingerprint density at radius 1 is 1.29 bits per heavy atom. The van der Waals surface area contributed by atoms with Gasteiger partial charge in [-0.05, 0) is 57.6 Å². The van der Waals surface area contributed by atoms with Crippen molar-refractivity contribution < 1.29 is 0 Å². The molecule has 1 aromatic heterocycles. The number of hydrogen-bond acceptors (Lipinski definition) is 2. The topological polar surface area (TPSA) is 29.3 Å². The minimum absolute atomic E-state index is 0.157. The summed E-state index contributed by atoms with van der Waals surface area (Å²) in [6.07, 6.45) is 9.54. The first-order valence-corrected chi connectivity index (χ1v) is 8.95. The van der Waals surface area contributed by atoms with Crippen LogP contribution in [0, 0.1) is 5.92 Å². The molecule has 2 aliphatic rings. The van der Waals surface area contributed by atoms with E-state index >= 15 is 0 Å². The molecule has 0 bridgehead atoms. The van der Waals surface area contributed by atoms with E-state index in [0.717, 1.165) is 24.2 Å². The zero-order valence-corrected chi connectivity index (χ0v) is 14.2. The quantitative estimate of drug-likeness (QED) is 0.917. The summed E-state index contributed by atoms with van der Waals surface area (Å²) in [5, 5.41) is 4.84. The SMILES string of the molecule is CC1CCC2(CC1)SC(=NCCn1cccc1)NC2(C)C. The van der Waals surface area contributed by atoms with E-state index in [1.54, 1.807) is 0 Å². The predicted octanol–water partition coefficient (Wildman–Crippen LogP) is 3.91. The van der Waals surface area contributed by atoms with Crippen molar-refractivity contribution in [1.29, 1.82) is 0 Å². The summed E-state index contributed by atoms with van der Waals surface area (Å²) in [5.41, 5.74) is 0.157. The van der Waals surface area contributed by atoms with Gasteiger partial charge in [-0.2, -0.15) is 0 Å². The highest BCUT2D eigenvalue weighted by atomic mass is 32.2. The lowest BCUT2D eigenvalue weighted by molar-refractivity contribution is 0.231. The first kappa shape index (κ1) is 15.0. The van der Waals surface area contributed by atoms with E-state index in [2.05, 4.69) is 55.2 Å². The third-order valence-electron chi connectivity index (χ3n) is 5.21. The molecular weight excluding hydrogens is 278 g/mol. The third kappa shape index (κ3) is 3.01. The fraction of sp³-hybridized carbons (Fsp3) is 0.706. The largest absolute Gasteiger partial charge is 0.359 e. The first-order valence-electron chi connectivity index (χ1n) is 8.13. The van der Waals surface area contributed by atoms with Crippen LogP contribution in [0.25, 0.3) is 0 Å². The number of rotatable bonds is 3. The molecule has 1 aliphatic carbocycles. The van der Waals surface area contributed by atoms with Crippen molar-refractivity contribution in [3.05, 3.63) is 24.5 Å². The Hall–Kier alpha value is -0.900. The minimum Gasteiger partial charge on any atom is -0.359 e. The van der Waals surface area contributed by atoms with Crippen molar-refractivity contribution >= 4 is 16.9 Å². The Balaban J connectivity index is 1.64. The molecule has 0 amide bonds. The zero-order valence-electron chi connectivity index (χ0n) is 13.4.